The number of nitrogens with one attached hydrogen (secondary N) is 2. The predicted octanol–water partition coefficient (Wildman–Crippen LogP) is 2.69. The average molecular weight is 318 g/mol. The van der Waals surface area contributed by atoms with Gasteiger partial charge in [-0.2, -0.15) is 0 Å². The van der Waals surface area contributed by atoms with E-state index >= 15 is 0 Å². The summed E-state index contributed by atoms with van der Waals surface area (Å²) < 4.78 is 0. The molecule has 6 nitrogen and oxygen atoms in total. The van der Waals surface area contributed by atoms with Crippen LogP contribution in [-0.2, 0) is 0 Å². The van der Waals surface area contributed by atoms with Crippen molar-refractivity contribution in [2.75, 3.05) is 0 Å². The third-order valence-corrected chi connectivity index (χ3v) is 4.00. The largest absolute Gasteiger partial charge is 0.508 e. The molecule has 0 aliphatic heterocycles. The first-order valence-electron chi connectivity index (χ1n) is 7.39. The van der Waals surface area contributed by atoms with Gasteiger partial charge in [-0.1, -0.05) is 18.2 Å². The number of amides is 1. The highest BCUT2D eigenvalue weighted by molar-refractivity contribution is 6.13. The summed E-state index contributed by atoms with van der Waals surface area (Å²) in [5, 5.41) is 11.4. The fraction of sp³-hybridized carbons (Fsp3) is 0. The van der Waals surface area contributed by atoms with E-state index in [1.807, 2.05) is 24.3 Å². The minimum Gasteiger partial charge on any atom is -0.508 e. The van der Waals surface area contributed by atoms with Gasteiger partial charge in [-0.15, -0.1) is 0 Å². The number of carbonyl (C=O) groups excluding carboxylic acids is 1. The number of nitrogen functional groups attached to an aromatic ring is 1. The Labute approximate surface area is 136 Å². The third-order valence-electron chi connectivity index (χ3n) is 4.00. The van der Waals surface area contributed by atoms with Crippen LogP contribution in [0.4, 0.5) is 0 Å². The van der Waals surface area contributed by atoms with Crippen LogP contribution in [0.15, 0.2) is 54.6 Å². The Morgan fingerprint density at radius 3 is 2.58 bits per heavy atom. The van der Waals surface area contributed by atoms with Crippen molar-refractivity contribution in [3.63, 3.8) is 0 Å². The first-order valence-corrected chi connectivity index (χ1v) is 7.39. The molecule has 5 N–H and O–H groups in total. The highest BCUT2D eigenvalue weighted by Crippen LogP contribution is 2.33. The number of hydrogen-bond acceptors (Lipinski definition) is 4. The number of para-hydroxylation sites is 1. The number of nitrogens with zero attached hydrogens (tertiary/aromatic N) is 1. The molecule has 6 heteroatoms. The number of hydrogen-bond donors (Lipinski definition) is 4. The topological polar surface area (TPSA) is 104 Å². The molecular weight excluding hydrogens is 304 g/mol. The fourth-order valence-electron chi connectivity index (χ4n) is 2.86. The SMILES string of the molecule is NNC(=O)c1cc2c([nH]c3ccccc32)c(-c2ccc(O)cc2)n1. The molecular formula is C18H14N4O2. The Bertz CT molecular complexity index is 1070. The van der Waals surface area contributed by atoms with Gasteiger partial charge >= 0.3 is 0 Å². The van der Waals surface area contributed by atoms with Crippen LogP contribution in [0.25, 0.3) is 33.1 Å². The highest BCUT2D eigenvalue weighted by Gasteiger charge is 2.16. The lowest BCUT2D eigenvalue weighted by molar-refractivity contribution is 0.0949. The fourth-order valence-corrected chi connectivity index (χ4v) is 2.86. The zero-order valence-electron chi connectivity index (χ0n) is 12.6. The number of hydrazine groups is 1. The summed E-state index contributed by atoms with van der Waals surface area (Å²) in [7, 11) is 0. The van der Waals surface area contributed by atoms with E-state index in [2.05, 4.69) is 15.4 Å². The Morgan fingerprint density at radius 2 is 1.83 bits per heavy atom. The summed E-state index contributed by atoms with van der Waals surface area (Å²) >= 11 is 0. The van der Waals surface area contributed by atoms with E-state index in [1.165, 1.54) is 0 Å². The maximum atomic E-state index is 12.0. The summed E-state index contributed by atoms with van der Waals surface area (Å²) in [6.07, 6.45) is 0. The summed E-state index contributed by atoms with van der Waals surface area (Å²) in [6.45, 7) is 0. The monoisotopic (exact) mass is 318 g/mol. The maximum Gasteiger partial charge on any atom is 0.283 e. The van der Waals surface area contributed by atoms with Crippen molar-refractivity contribution < 1.29 is 9.90 Å². The van der Waals surface area contributed by atoms with Crippen LogP contribution in [0, 0.1) is 0 Å². The Kier molecular flexibility index (Phi) is 3.18. The summed E-state index contributed by atoms with van der Waals surface area (Å²) in [5.41, 5.74) is 5.56. The van der Waals surface area contributed by atoms with Gasteiger partial charge in [-0.05, 0) is 36.4 Å². The number of phenols is 1. The van der Waals surface area contributed by atoms with Crippen molar-refractivity contribution in [2.45, 2.75) is 0 Å². The van der Waals surface area contributed by atoms with Crippen molar-refractivity contribution in [3.05, 3.63) is 60.3 Å². The number of aromatic hydroxyl groups is 1. The molecule has 2 heterocycles. The molecule has 0 radical (unpaired) electrons. The molecule has 4 rings (SSSR count). The van der Waals surface area contributed by atoms with E-state index in [1.54, 1.807) is 30.3 Å². The Hall–Kier alpha value is -3.38. The minimum atomic E-state index is -0.456. The van der Waals surface area contributed by atoms with Crippen molar-refractivity contribution in [3.8, 4) is 17.0 Å². The molecule has 2 aromatic heterocycles. The molecule has 0 aliphatic carbocycles. The molecule has 0 saturated heterocycles. The van der Waals surface area contributed by atoms with Crippen LogP contribution < -0.4 is 11.3 Å². The van der Waals surface area contributed by atoms with Gasteiger partial charge in [0, 0.05) is 21.9 Å². The lowest BCUT2D eigenvalue weighted by Crippen LogP contribution is -2.30. The van der Waals surface area contributed by atoms with Gasteiger partial charge in [0.15, 0.2) is 0 Å². The van der Waals surface area contributed by atoms with Gasteiger partial charge in [0.2, 0.25) is 0 Å². The van der Waals surface area contributed by atoms with Crippen LogP contribution in [0.5, 0.6) is 5.75 Å². The normalized spacial score (nSPS) is 11.0. The Morgan fingerprint density at radius 1 is 1.08 bits per heavy atom. The number of aromatic amines is 1. The van der Waals surface area contributed by atoms with Gasteiger partial charge in [-0.3, -0.25) is 10.2 Å². The quantitative estimate of drug-likeness (QED) is 0.259. The third kappa shape index (κ3) is 2.17. The van der Waals surface area contributed by atoms with E-state index in [0.29, 0.717) is 5.69 Å². The van der Waals surface area contributed by atoms with E-state index in [0.717, 1.165) is 27.4 Å². The number of H-pyrrole nitrogens is 1. The first-order chi connectivity index (χ1) is 11.7. The number of aromatic nitrogens is 2. The van der Waals surface area contributed by atoms with Crippen molar-refractivity contribution in [1.29, 1.82) is 0 Å². The van der Waals surface area contributed by atoms with Crippen LogP contribution in [0.1, 0.15) is 10.5 Å². The van der Waals surface area contributed by atoms with Gasteiger partial charge in [0.1, 0.15) is 11.4 Å². The lowest BCUT2D eigenvalue weighted by atomic mass is 10.1. The predicted molar refractivity (Wildman–Crippen MR) is 92.4 cm³/mol. The number of nitrogens with two attached hydrogens (primary N) is 1. The number of carbonyl (C=O) groups is 1. The van der Waals surface area contributed by atoms with E-state index in [9.17, 15) is 9.90 Å². The van der Waals surface area contributed by atoms with E-state index in [4.69, 9.17) is 5.84 Å². The smallest absolute Gasteiger partial charge is 0.283 e. The summed E-state index contributed by atoms with van der Waals surface area (Å²) in [4.78, 5) is 19.8. The molecule has 118 valence electrons. The van der Waals surface area contributed by atoms with Crippen molar-refractivity contribution >= 4 is 27.7 Å². The zero-order chi connectivity index (χ0) is 16.7. The van der Waals surface area contributed by atoms with Crippen LogP contribution >= 0.6 is 0 Å². The molecule has 1 amide bonds. The average Bonchev–Trinajstić information content (AvgIpc) is 2.99. The first kappa shape index (κ1) is 14.2. The summed E-state index contributed by atoms with van der Waals surface area (Å²) in [5.74, 6) is 4.98. The second-order valence-electron chi connectivity index (χ2n) is 5.47. The second kappa shape index (κ2) is 5.36. The van der Waals surface area contributed by atoms with Crippen LogP contribution in [-0.4, -0.2) is 21.0 Å². The van der Waals surface area contributed by atoms with E-state index in [-0.39, 0.29) is 11.4 Å². The van der Waals surface area contributed by atoms with Crippen LogP contribution in [0.3, 0.4) is 0 Å². The number of phenolic OH excluding ortho intramolecular Hbond substituents is 1. The van der Waals surface area contributed by atoms with E-state index < -0.39 is 5.91 Å². The summed E-state index contributed by atoms with van der Waals surface area (Å²) in [6, 6.07) is 16.2. The molecule has 4 aromatic rings. The molecule has 0 atom stereocenters. The minimum absolute atomic E-state index is 0.169. The van der Waals surface area contributed by atoms with Gasteiger partial charge in [0.05, 0.1) is 11.2 Å². The van der Waals surface area contributed by atoms with Crippen LogP contribution in [0.2, 0.25) is 0 Å². The van der Waals surface area contributed by atoms with Gasteiger partial charge < -0.3 is 10.1 Å². The lowest BCUT2D eigenvalue weighted by Gasteiger charge is -2.07. The molecule has 0 saturated carbocycles. The van der Waals surface area contributed by atoms with Crippen molar-refractivity contribution in [1.82, 2.24) is 15.4 Å². The molecule has 0 unspecified atom stereocenters. The molecule has 2 aromatic carbocycles. The second-order valence-corrected chi connectivity index (χ2v) is 5.47. The molecule has 0 spiro atoms. The zero-order valence-corrected chi connectivity index (χ0v) is 12.6. The standard InChI is InChI=1S/C18H14N4O2/c19-22-18(24)15-9-13-12-3-1-2-4-14(12)20-17(13)16(21-15)10-5-7-11(23)8-6-10/h1-9,20,23H,19H2,(H,22,24). The highest BCUT2D eigenvalue weighted by atomic mass is 16.3. The number of rotatable bonds is 2. The molecule has 0 fully saturated rings. The molecule has 0 bridgehead atoms. The number of pyridine rings is 1. The van der Waals surface area contributed by atoms with Gasteiger partial charge in [0.25, 0.3) is 5.91 Å². The number of benzene rings is 2. The number of fused-ring (bicyclic) bond motifs is 3. The van der Waals surface area contributed by atoms with Crippen molar-refractivity contribution in [2.24, 2.45) is 5.84 Å². The Balaban J connectivity index is 2.09. The maximum absolute atomic E-state index is 12.0. The molecule has 24 heavy (non-hydrogen) atoms. The molecule has 0 aliphatic rings. The van der Waals surface area contributed by atoms with Gasteiger partial charge in [-0.25, -0.2) is 10.8 Å².